The van der Waals surface area contributed by atoms with Crippen molar-refractivity contribution in [1.82, 2.24) is 15.2 Å². The molecule has 0 spiro atoms. The highest BCUT2D eigenvalue weighted by Crippen LogP contribution is 2.23. The van der Waals surface area contributed by atoms with Crippen molar-refractivity contribution < 1.29 is 4.39 Å². The van der Waals surface area contributed by atoms with Crippen molar-refractivity contribution in [3.8, 4) is 0 Å². The van der Waals surface area contributed by atoms with E-state index in [1.165, 1.54) is 18.3 Å². The minimum absolute atomic E-state index is 0.0256. The summed E-state index contributed by atoms with van der Waals surface area (Å²) in [4.78, 5) is 4.35. The number of anilines is 4. The van der Waals surface area contributed by atoms with E-state index >= 15 is 0 Å². The summed E-state index contributed by atoms with van der Waals surface area (Å²) in [6, 6.07) is 10.4. The van der Waals surface area contributed by atoms with E-state index in [0.717, 1.165) is 16.8 Å². The molecule has 5 nitrogen and oxygen atoms in total. The third-order valence-corrected chi connectivity index (χ3v) is 3.68. The highest BCUT2D eigenvalue weighted by Gasteiger charge is 2.06. The third-order valence-electron chi connectivity index (χ3n) is 3.39. The maximum Gasteiger partial charge on any atom is 0.249 e. The van der Waals surface area contributed by atoms with E-state index in [2.05, 4.69) is 25.8 Å². The maximum atomic E-state index is 13.2. The minimum Gasteiger partial charge on any atom is -0.339 e. The molecule has 0 aliphatic rings. The number of hydrogen-bond donors (Lipinski definition) is 2. The Bertz CT molecular complexity index is 885. The summed E-state index contributed by atoms with van der Waals surface area (Å²) in [7, 11) is 0. The third kappa shape index (κ3) is 3.78. The second-order valence-electron chi connectivity index (χ2n) is 5.36. The van der Waals surface area contributed by atoms with Gasteiger partial charge < -0.3 is 10.6 Å². The van der Waals surface area contributed by atoms with Crippen molar-refractivity contribution in [1.29, 1.82) is 0 Å². The molecule has 0 fully saturated rings. The summed E-state index contributed by atoms with van der Waals surface area (Å²) >= 11 is 5.77. The van der Waals surface area contributed by atoms with Gasteiger partial charge in [0.15, 0.2) is 5.82 Å². The lowest BCUT2D eigenvalue weighted by Crippen LogP contribution is -2.03. The first-order valence-electron chi connectivity index (χ1n) is 7.27. The van der Waals surface area contributed by atoms with Crippen LogP contribution < -0.4 is 10.6 Å². The predicted molar refractivity (Wildman–Crippen MR) is 93.7 cm³/mol. The molecule has 0 radical (unpaired) electrons. The van der Waals surface area contributed by atoms with E-state index in [0.29, 0.717) is 11.5 Å². The zero-order valence-electron chi connectivity index (χ0n) is 13.1. The van der Waals surface area contributed by atoms with Crippen molar-refractivity contribution in [3.63, 3.8) is 0 Å². The molecule has 0 aliphatic carbocycles. The number of halogens is 2. The molecule has 122 valence electrons. The first-order valence-corrected chi connectivity index (χ1v) is 7.65. The number of nitrogens with one attached hydrogen (secondary N) is 2. The molecule has 7 heteroatoms. The highest BCUT2D eigenvalue weighted by atomic mass is 35.5. The Morgan fingerprint density at radius 1 is 1.04 bits per heavy atom. The van der Waals surface area contributed by atoms with Gasteiger partial charge in [0.25, 0.3) is 0 Å². The highest BCUT2D eigenvalue weighted by molar-refractivity contribution is 6.31. The van der Waals surface area contributed by atoms with Crippen molar-refractivity contribution in [2.75, 3.05) is 10.6 Å². The van der Waals surface area contributed by atoms with Gasteiger partial charge >= 0.3 is 0 Å². The summed E-state index contributed by atoms with van der Waals surface area (Å²) in [5.41, 5.74) is 3.77. The van der Waals surface area contributed by atoms with Crippen LogP contribution in [0.5, 0.6) is 0 Å². The largest absolute Gasteiger partial charge is 0.339 e. The molecular weight excluding hydrogens is 329 g/mol. The van der Waals surface area contributed by atoms with Gasteiger partial charge in [-0.25, -0.2) is 4.39 Å². The van der Waals surface area contributed by atoms with E-state index in [9.17, 15) is 4.39 Å². The van der Waals surface area contributed by atoms with Gasteiger partial charge in [0.2, 0.25) is 5.95 Å². The summed E-state index contributed by atoms with van der Waals surface area (Å²) in [5.74, 6) is 0.356. The van der Waals surface area contributed by atoms with E-state index < -0.39 is 5.82 Å². The molecule has 2 N–H and O–H groups in total. The van der Waals surface area contributed by atoms with Gasteiger partial charge in [0, 0.05) is 11.4 Å². The van der Waals surface area contributed by atoms with Crippen LogP contribution >= 0.6 is 11.6 Å². The van der Waals surface area contributed by atoms with Gasteiger partial charge in [-0.15, -0.1) is 5.10 Å². The fourth-order valence-electron chi connectivity index (χ4n) is 2.13. The SMILES string of the molecule is Cc1ccc(C)c(Nc2cnnc(Nc3ccc(F)c(Cl)c3)n2)c1. The van der Waals surface area contributed by atoms with Crippen LogP contribution in [0.2, 0.25) is 5.02 Å². The van der Waals surface area contributed by atoms with E-state index in [-0.39, 0.29) is 11.0 Å². The molecule has 0 saturated carbocycles. The average Bonchev–Trinajstić information content (AvgIpc) is 2.55. The summed E-state index contributed by atoms with van der Waals surface area (Å²) < 4.78 is 13.2. The lowest BCUT2D eigenvalue weighted by Gasteiger charge is -2.10. The molecule has 0 amide bonds. The summed E-state index contributed by atoms with van der Waals surface area (Å²) in [6.45, 7) is 4.03. The van der Waals surface area contributed by atoms with Crippen LogP contribution in [0.25, 0.3) is 0 Å². The quantitative estimate of drug-likeness (QED) is 0.714. The van der Waals surface area contributed by atoms with Crippen LogP contribution in [-0.4, -0.2) is 15.2 Å². The van der Waals surface area contributed by atoms with Gasteiger partial charge in [-0.2, -0.15) is 10.1 Å². The molecule has 3 rings (SSSR count). The van der Waals surface area contributed by atoms with Gasteiger partial charge in [-0.3, -0.25) is 0 Å². The number of benzene rings is 2. The Labute approximate surface area is 143 Å². The molecule has 0 unspecified atom stereocenters. The molecule has 0 saturated heterocycles. The van der Waals surface area contributed by atoms with Crippen LogP contribution in [0, 0.1) is 19.7 Å². The monoisotopic (exact) mass is 343 g/mol. The molecule has 1 aromatic heterocycles. The summed E-state index contributed by atoms with van der Waals surface area (Å²) in [5, 5.41) is 14.0. The lowest BCUT2D eigenvalue weighted by molar-refractivity contribution is 0.628. The topological polar surface area (TPSA) is 62.7 Å². The van der Waals surface area contributed by atoms with Gasteiger partial charge in [-0.05, 0) is 49.2 Å². The number of aromatic nitrogens is 3. The van der Waals surface area contributed by atoms with Crippen molar-refractivity contribution in [3.05, 3.63) is 64.6 Å². The van der Waals surface area contributed by atoms with Crippen LogP contribution in [0.15, 0.2) is 42.6 Å². The Morgan fingerprint density at radius 3 is 2.67 bits per heavy atom. The first kappa shape index (κ1) is 16.1. The molecule has 3 aromatic rings. The number of rotatable bonds is 4. The number of aryl methyl sites for hydroxylation is 2. The van der Waals surface area contributed by atoms with Crippen LogP contribution in [0.4, 0.5) is 27.5 Å². The van der Waals surface area contributed by atoms with Crippen molar-refractivity contribution in [2.45, 2.75) is 13.8 Å². The standard InChI is InChI=1S/C17H15ClFN5/c1-10-3-4-11(2)15(7-10)22-16-9-20-24-17(23-16)21-12-5-6-14(19)13(18)8-12/h3-9H,1-2H3,(H2,21,22,23,24). The van der Waals surface area contributed by atoms with Crippen LogP contribution in [0.1, 0.15) is 11.1 Å². The molecule has 0 atom stereocenters. The maximum absolute atomic E-state index is 13.2. The van der Waals surface area contributed by atoms with E-state index in [4.69, 9.17) is 11.6 Å². The van der Waals surface area contributed by atoms with Crippen LogP contribution in [0.3, 0.4) is 0 Å². The summed E-state index contributed by atoms with van der Waals surface area (Å²) in [6.07, 6.45) is 1.53. The molecule has 24 heavy (non-hydrogen) atoms. The fraction of sp³-hybridized carbons (Fsp3) is 0.118. The zero-order chi connectivity index (χ0) is 17.1. The Kier molecular flexibility index (Phi) is 4.57. The smallest absolute Gasteiger partial charge is 0.249 e. The van der Waals surface area contributed by atoms with Crippen molar-refractivity contribution >= 4 is 34.7 Å². The molecule has 0 aliphatic heterocycles. The van der Waals surface area contributed by atoms with E-state index in [1.807, 2.05) is 32.0 Å². The molecular formula is C17H15ClFN5. The van der Waals surface area contributed by atoms with Gasteiger partial charge in [0.05, 0.1) is 11.2 Å². The minimum atomic E-state index is -0.480. The molecule has 0 bridgehead atoms. The molecule has 1 heterocycles. The predicted octanol–water partition coefficient (Wildman–Crippen LogP) is 4.77. The van der Waals surface area contributed by atoms with Gasteiger partial charge in [0.1, 0.15) is 5.82 Å². The molecule has 2 aromatic carbocycles. The second kappa shape index (κ2) is 6.80. The lowest BCUT2D eigenvalue weighted by atomic mass is 10.1. The normalized spacial score (nSPS) is 10.5. The number of hydrogen-bond acceptors (Lipinski definition) is 5. The fourth-order valence-corrected chi connectivity index (χ4v) is 2.31. The van der Waals surface area contributed by atoms with Crippen molar-refractivity contribution in [2.24, 2.45) is 0 Å². The Hall–Kier alpha value is -2.73. The first-order chi connectivity index (χ1) is 11.5. The average molecular weight is 344 g/mol. The van der Waals surface area contributed by atoms with E-state index in [1.54, 1.807) is 6.07 Å². The Morgan fingerprint density at radius 2 is 1.88 bits per heavy atom. The zero-order valence-corrected chi connectivity index (χ0v) is 13.9. The second-order valence-corrected chi connectivity index (χ2v) is 5.77. The van der Waals surface area contributed by atoms with Crippen LogP contribution in [-0.2, 0) is 0 Å². The van der Waals surface area contributed by atoms with Gasteiger partial charge in [-0.1, -0.05) is 23.7 Å². The Balaban J connectivity index is 1.81. The number of nitrogens with zero attached hydrogens (tertiary/aromatic N) is 3.